The van der Waals surface area contributed by atoms with Gasteiger partial charge in [-0.2, -0.15) is 0 Å². The molecule has 0 saturated heterocycles. The lowest BCUT2D eigenvalue weighted by atomic mass is 10.1. The molecule has 0 spiro atoms. The van der Waals surface area contributed by atoms with Crippen molar-refractivity contribution in [2.45, 2.75) is 53.6 Å². The van der Waals surface area contributed by atoms with Gasteiger partial charge in [0.15, 0.2) is 0 Å². The molecule has 0 radical (unpaired) electrons. The number of amides is 1. The molecule has 1 amide bonds. The molecule has 0 atom stereocenters. The molecular weight excluding hydrogens is 362 g/mol. The maximum absolute atomic E-state index is 12.0. The molecule has 5 heteroatoms. The van der Waals surface area contributed by atoms with Gasteiger partial charge in [-0.05, 0) is 56.0 Å². The van der Waals surface area contributed by atoms with Gasteiger partial charge in [0.2, 0.25) is 5.91 Å². The monoisotopic (exact) mass is 393 g/mol. The number of aryl methyl sites for hydroxylation is 3. The number of ether oxygens (including phenoxy) is 1. The highest BCUT2D eigenvalue weighted by Crippen LogP contribution is 2.20. The summed E-state index contributed by atoms with van der Waals surface area (Å²) in [6.07, 6.45) is 1.94. The molecule has 3 aromatic rings. The van der Waals surface area contributed by atoms with E-state index in [-0.39, 0.29) is 11.8 Å². The first-order valence-electron chi connectivity index (χ1n) is 10.4. The van der Waals surface area contributed by atoms with Crippen LogP contribution in [-0.2, 0) is 17.9 Å². The van der Waals surface area contributed by atoms with E-state index in [1.807, 2.05) is 32.0 Å². The fourth-order valence-electron chi connectivity index (χ4n) is 3.30. The molecule has 3 rings (SSSR count). The molecule has 2 aromatic carbocycles. The average Bonchev–Trinajstić information content (AvgIpc) is 3.06. The van der Waals surface area contributed by atoms with Gasteiger partial charge in [0.05, 0.1) is 24.2 Å². The highest BCUT2D eigenvalue weighted by atomic mass is 16.5. The Hall–Kier alpha value is -2.82. The molecule has 154 valence electrons. The second-order valence-electron chi connectivity index (χ2n) is 7.87. The van der Waals surface area contributed by atoms with Crippen molar-refractivity contribution < 1.29 is 9.53 Å². The standard InChI is InChI=1S/C24H31N3O2/c1-17(2)24(28)25-16-23-26-20-9-5-6-10-21(20)27(23)13-7-8-14-29-22-15-18(3)11-12-19(22)4/h5-6,9-12,15,17H,7-8,13-14,16H2,1-4H3,(H,25,28). The Morgan fingerprint density at radius 1 is 1.14 bits per heavy atom. The van der Waals surface area contributed by atoms with Crippen LogP contribution in [0.2, 0.25) is 0 Å². The van der Waals surface area contributed by atoms with Crippen LogP contribution in [0.25, 0.3) is 11.0 Å². The predicted molar refractivity (Wildman–Crippen MR) is 117 cm³/mol. The summed E-state index contributed by atoms with van der Waals surface area (Å²) in [7, 11) is 0. The van der Waals surface area contributed by atoms with Gasteiger partial charge in [-0.25, -0.2) is 4.98 Å². The first kappa shape index (κ1) is 20.9. The third kappa shape index (κ3) is 5.37. The van der Waals surface area contributed by atoms with Gasteiger partial charge in [-0.15, -0.1) is 0 Å². The summed E-state index contributed by atoms with van der Waals surface area (Å²) >= 11 is 0. The Balaban J connectivity index is 1.60. The zero-order valence-electron chi connectivity index (χ0n) is 17.9. The number of rotatable bonds is 9. The Labute approximate surface area is 173 Å². The molecule has 0 fully saturated rings. The second kappa shape index (κ2) is 9.59. The predicted octanol–water partition coefficient (Wildman–Crippen LogP) is 4.78. The van der Waals surface area contributed by atoms with Gasteiger partial charge in [0.25, 0.3) is 0 Å². The van der Waals surface area contributed by atoms with Crippen molar-refractivity contribution in [2.24, 2.45) is 5.92 Å². The van der Waals surface area contributed by atoms with Gasteiger partial charge in [-0.1, -0.05) is 38.1 Å². The molecule has 0 unspecified atom stereocenters. The second-order valence-corrected chi connectivity index (χ2v) is 7.87. The minimum absolute atomic E-state index is 0.0324. The Morgan fingerprint density at radius 3 is 2.72 bits per heavy atom. The Bertz CT molecular complexity index is 975. The number of imidazole rings is 1. The molecule has 0 saturated carbocycles. The van der Waals surface area contributed by atoms with Crippen molar-refractivity contribution in [1.29, 1.82) is 0 Å². The van der Waals surface area contributed by atoms with E-state index in [0.29, 0.717) is 13.2 Å². The Morgan fingerprint density at radius 2 is 1.93 bits per heavy atom. The summed E-state index contributed by atoms with van der Waals surface area (Å²) in [5.74, 6) is 1.88. The normalized spacial score (nSPS) is 11.2. The lowest BCUT2D eigenvalue weighted by Gasteiger charge is -2.12. The molecule has 1 heterocycles. The van der Waals surface area contributed by atoms with E-state index in [2.05, 4.69) is 48.0 Å². The summed E-state index contributed by atoms with van der Waals surface area (Å²) in [5.41, 5.74) is 4.45. The maximum atomic E-state index is 12.0. The Kier molecular flexibility index (Phi) is 6.91. The van der Waals surface area contributed by atoms with Gasteiger partial charge in [0.1, 0.15) is 11.6 Å². The van der Waals surface area contributed by atoms with E-state index in [4.69, 9.17) is 9.72 Å². The summed E-state index contributed by atoms with van der Waals surface area (Å²) in [6, 6.07) is 14.4. The number of nitrogens with one attached hydrogen (secondary N) is 1. The van der Waals surface area contributed by atoms with Gasteiger partial charge in [0, 0.05) is 12.5 Å². The first-order chi connectivity index (χ1) is 14.0. The topological polar surface area (TPSA) is 56.1 Å². The van der Waals surface area contributed by atoms with Gasteiger partial charge >= 0.3 is 0 Å². The number of para-hydroxylation sites is 2. The van der Waals surface area contributed by atoms with Crippen LogP contribution in [0.3, 0.4) is 0 Å². The highest BCUT2D eigenvalue weighted by Gasteiger charge is 2.13. The number of hydrogen-bond donors (Lipinski definition) is 1. The molecule has 29 heavy (non-hydrogen) atoms. The fourth-order valence-corrected chi connectivity index (χ4v) is 3.30. The highest BCUT2D eigenvalue weighted by molar-refractivity contribution is 5.78. The summed E-state index contributed by atoms with van der Waals surface area (Å²) < 4.78 is 8.19. The van der Waals surface area contributed by atoms with E-state index in [1.165, 1.54) is 11.1 Å². The molecule has 0 aliphatic carbocycles. The van der Waals surface area contributed by atoms with Crippen LogP contribution in [0.5, 0.6) is 5.75 Å². The fraction of sp³-hybridized carbons (Fsp3) is 0.417. The van der Waals surface area contributed by atoms with Crippen molar-refractivity contribution in [2.75, 3.05) is 6.61 Å². The largest absolute Gasteiger partial charge is 0.493 e. The van der Waals surface area contributed by atoms with Crippen LogP contribution < -0.4 is 10.1 Å². The number of fused-ring (bicyclic) bond motifs is 1. The van der Waals surface area contributed by atoms with Crippen molar-refractivity contribution >= 4 is 16.9 Å². The number of carbonyl (C=O) groups is 1. The first-order valence-corrected chi connectivity index (χ1v) is 10.4. The van der Waals surface area contributed by atoms with Crippen LogP contribution in [0.1, 0.15) is 43.6 Å². The van der Waals surface area contributed by atoms with E-state index in [1.54, 1.807) is 0 Å². The summed E-state index contributed by atoms with van der Waals surface area (Å²) in [5, 5.41) is 2.99. The van der Waals surface area contributed by atoms with Crippen molar-refractivity contribution in [3.63, 3.8) is 0 Å². The molecule has 0 aliphatic heterocycles. The molecule has 0 bridgehead atoms. The number of hydrogen-bond acceptors (Lipinski definition) is 3. The smallest absolute Gasteiger partial charge is 0.222 e. The van der Waals surface area contributed by atoms with E-state index in [9.17, 15) is 4.79 Å². The molecule has 0 aliphatic rings. The lowest BCUT2D eigenvalue weighted by molar-refractivity contribution is -0.124. The van der Waals surface area contributed by atoms with E-state index >= 15 is 0 Å². The maximum Gasteiger partial charge on any atom is 0.222 e. The number of nitrogens with zero attached hydrogens (tertiary/aromatic N) is 2. The molecule has 1 aromatic heterocycles. The van der Waals surface area contributed by atoms with Crippen LogP contribution in [0.4, 0.5) is 0 Å². The van der Waals surface area contributed by atoms with Crippen LogP contribution >= 0.6 is 0 Å². The van der Waals surface area contributed by atoms with Crippen LogP contribution in [0.15, 0.2) is 42.5 Å². The number of aromatic nitrogens is 2. The third-order valence-corrected chi connectivity index (χ3v) is 5.06. The molecule has 1 N–H and O–H groups in total. The van der Waals surface area contributed by atoms with E-state index < -0.39 is 0 Å². The SMILES string of the molecule is Cc1ccc(C)c(OCCCCn2c(CNC(=O)C(C)C)nc3ccccc32)c1. The summed E-state index contributed by atoms with van der Waals surface area (Å²) in [4.78, 5) is 16.7. The van der Waals surface area contributed by atoms with Crippen LogP contribution in [0, 0.1) is 19.8 Å². The third-order valence-electron chi connectivity index (χ3n) is 5.06. The van der Waals surface area contributed by atoms with E-state index in [0.717, 1.165) is 42.0 Å². The van der Waals surface area contributed by atoms with Crippen molar-refractivity contribution in [1.82, 2.24) is 14.9 Å². The lowest BCUT2D eigenvalue weighted by Crippen LogP contribution is -2.28. The minimum atomic E-state index is -0.0324. The van der Waals surface area contributed by atoms with Gasteiger partial charge in [-0.3, -0.25) is 4.79 Å². The average molecular weight is 394 g/mol. The number of unbranched alkanes of at least 4 members (excludes halogenated alkanes) is 1. The van der Waals surface area contributed by atoms with Crippen molar-refractivity contribution in [3.05, 3.63) is 59.4 Å². The minimum Gasteiger partial charge on any atom is -0.493 e. The number of carbonyl (C=O) groups excluding carboxylic acids is 1. The molecular formula is C24H31N3O2. The van der Waals surface area contributed by atoms with Crippen molar-refractivity contribution in [3.8, 4) is 5.75 Å². The van der Waals surface area contributed by atoms with Crippen LogP contribution in [-0.4, -0.2) is 22.1 Å². The zero-order valence-corrected chi connectivity index (χ0v) is 17.9. The zero-order chi connectivity index (χ0) is 20.8. The quantitative estimate of drug-likeness (QED) is 0.532. The molecule has 5 nitrogen and oxygen atoms in total. The summed E-state index contributed by atoms with van der Waals surface area (Å²) in [6.45, 7) is 9.94. The van der Waals surface area contributed by atoms with Gasteiger partial charge < -0.3 is 14.6 Å². The number of benzene rings is 2.